The number of hydrogen-bond acceptors (Lipinski definition) is 3. The fraction of sp³-hybridized carbons (Fsp3) is 0.462. The molecule has 1 heterocycles. The molecule has 1 aromatic carbocycles. The van der Waals surface area contributed by atoms with Crippen molar-refractivity contribution in [2.45, 2.75) is 18.9 Å². The Morgan fingerprint density at radius 3 is 2.71 bits per heavy atom. The van der Waals surface area contributed by atoms with Gasteiger partial charge >= 0.3 is 0 Å². The summed E-state index contributed by atoms with van der Waals surface area (Å²) in [6, 6.07) is 6.12. The van der Waals surface area contributed by atoms with Crippen LogP contribution in [0.3, 0.4) is 0 Å². The molecule has 0 aromatic heterocycles. The highest BCUT2D eigenvalue weighted by Gasteiger charge is 2.26. The lowest BCUT2D eigenvalue weighted by molar-refractivity contribution is 0.317. The standard InChI is InChI=1S/C13H15FN2O/c14-12-4-2-1-3-11(12)13(16-9-17)10-5-7-15-8-6-10/h1-4,10,13,15H,5-8H2. The van der Waals surface area contributed by atoms with Crippen LogP contribution in [-0.4, -0.2) is 19.2 Å². The fourth-order valence-electron chi connectivity index (χ4n) is 2.36. The van der Waals surface area contributed by atoms with Crippen molar-refractivity contribution in [3.05, 3.63) is 35.6 Å². The summed E-state index contributed by atoms with van der Waals surface area (Å²) in [4.78, 5) is 14.3. The van der Waals surface area contributed by atoms with Crippen molar-refractivity contribution >= 4 is 6.08 Å². The molecular weight excluding hydrogens is 219 g/mol. The zero-order valence-corrected chi connectivity index (χ0v) is 9.53. The van der Waals surface area contributed by atoms with Gasteiger partial charge in [-0.1, -0.05) is 18.2 Å². The van der Waals surface area contributed by atoms with Crippen LogP contribution >= 0.6 is 0 Å². The molecule has 1 fully saturated rings. The second-order valence-corrected chi connectivity index (χ2v) is 4.27. The number of nitrogens with one attached hydrogen (secondary N) is 1. The molecule has 0 aliphatic carbocycles. The normalized spacial score (nSPS) is 18.4. The van der Waals surface area contributed by atoms with Gasteiger partial charge in [0, 0.05) is 5.56 Å². The first-order valence-corrected chi connectivity index (χ1v) is 5.85. The molecule has 0 saturated carbocycles. The highest BCUT2D eigenvalue weighted by molar-refractivity contribution is 5.36. The molecule has 4 heteroatoms. The van der Waals surface area contributed by atoms with Gasteiger partial charge in [0.05, 0.1) is 6.04 Å². The first-order chi connectivity index (χ1) is 8.33. The molecule has 0 bridgehead atoms. The van der Waals surface area contributed by atoms with E-state index in [1.165, 1.54) is 6.07 Å². The number of hydrogen-bond donors (Lipinski definition) is 1. The summed E-state index contributed by atoms with van der Waals surface area (Å²) in [7, 11) is 0. The molecule has 1 aliphatic heterocycles. The monoisotopic (exact) mass is 234 g/mol. The third-order valence-corrected chi connectivity index (χ3v) is 3.25. The molecule has 0 spiro atoms. The van der Waals surface area contributed by atoms with Crippen LogP contribution in [0.15, 0.2) is 29.3 Å². The molecule has 17 heavy (non-hydrogen) atoms. The second-order valence-electron chi connectivity index (χ2n) is 4.27. The molecule has 2 rings (SSSR count). The first-order valence-electron chi connectivity index (χ1n) is 5.85. The highest BCUT2D eigenvalue weighted by atomic mass is 19.1. The van der Waals surface area contributed by atoms with E-state index >= 15 is 0 Å². The van der Waals surface area contributed by atoms with Gasteiger partial charge in [0.1, 0.15) is 5.82 Å². The summed E-state index contributed by atoms with van der Waals surface area (Å²) in [5.41, 5.74) is 0.503. The molecule has 0 amide bonds. The largest absolute Gasteiger partial charge is 0.317 e. The molecule has 1 unspecified atom stereocenters. The minimum Gasteiger partial charge on any atom is -0.317 e. The van der Waals surface area contributed by atoms with Gasteiger partial charge in [0.15, 0.2) is 0 Å². The summed E-state index contributed by atoms with van der Waals surface area (Å²) in [5.74, 6) is -0.0790. The van der Waals surface area contributed by atoms with Gasteiger partial charge in [-0.25, -0.2) is 9.18 Å². The van der Waals surface area contributed by atoms with E-state index in [0.29, 0.717) is 5.56 Å². The van der Waals surface area contributed by atoms with E-state index in [-0.39, 0.29) is 11.7 Å². The van der Waals surface area contributed by atoms with Gasteiger partial charge < -0.3 is 5.32 Å². The van der Waals surface area contributed by atoms with Gasteiger partial charge in [-0.3, -0.25) is 0 Å². The molecule has 1 saturated heterocycles. The Morgan fingerprint density at radius 2 is 2.06 bits per heavy atom. The summed E-state index contributed by atoms with van der Waals surface area (Å²) in [6.45, 7) is 1.79. The topological polar surface area (TPSA) is 41.5 Å². The van der Waals surface area contributed by atoms with Gasteiger partial charge in [-0.05, 0) is 37.9 Å². The maximum Gasteiger partial charge on any atom is 0.235 e. The number of benzene rings is 1. The minimum atomic E-state index is -0.393. The predicted octanol–water partition coefficient (Wildman–Crippen LogP) is 2.20. The number of nitrogens with zero attached hydrogens (tertiary/aromatic N) is 1. The SMILES string of the molecule is O=C=NC(c1ccccc1F)C1CCNCC1. The number of isocyanates is 1. The van der Waals surface area contributed by atoms with Gasteiger partial charge in [-0.15, -0.1) is 0 Å². The number of piperidine rings is 1. The first kappa shape index (κ1) is 12.0. The average molecular weight is 234 g/mol. The number of aliphatic imine (C=N–C) groups is 1. The van der Waals surface area contributed by atoms with Crippen molar-refractivity contribution < 1.29 is 9.18 Å². The maximum absolute atomic E-state index is 13.7. The maximum atomic E-state index is 13.7. The molecule has 0 radical (unpaired) electrons. The number of carbonyl (C=O) groups excluding carboxylic acids is 1. The number of halogens is 1. The van der Waals surface area contributed by atoms with Crippen LogP contribution in [0.5, 0.6) is 0 Å². The van der Waals surface area contributed by atoms with Gasteiger partial charge in [0.25, 0.3) is 0 Å². The van der Waals surface area contributed by atoms with Crippen molar-refractivity contribution in [2.24, 2.45) is 10.9 Å². The third-order valence-electron chi connectivity index (χ3n) is 3.25. The van der Waals surface area contributed by atoms with E-state index in [9.17, 15) is 9.18 Å². The van der Waals surface area contributed by atoms with Crippen LogP contribution in [0.4, 0.5) is 4.39 Å². The lowest BCUT2D eigenvalue weighted by Gasteiger charge is -2.27. The Hall–Kier alpha value is -1.51. The zero-order valence-electron chi connectivity index (χ0n) is 9.53. The van der Waals surface area contributed by atoms with Crippen molar-refractivity contribution in [1.82, 2.24) is 5.32 Å². The average Bonchev–Trinajstić information content (AvgIpc) is 2.38. The van der Waals surface area contributed by atoms with Gasteiger partial charge in [-0.2, -0.15) is 4.99 Å². The molecular formula is C13H15FN2O. The molecule has 90 valence electrons. The summed E-state index contributed by atoms with van der Waals surface area (Å²) >= 11 is 0. The van der Waals surface area contributed by atoms with E-state index in [2.05, 4.69) is 10.3 Å². The summed E-state index contributed by atoms with van der Waals surface area (Å²) in [5, 5.41) is 3.24. The minimum absolute atomic E-state index is 0.217. The van der Waals surface area contributed by atoms with Crippen molar-refractivity contribution in [3.63, 3.8) is 0 Å². The smallest absolute Gasteiger partial charge is 0.235 e. The van der Waals surface area contributed by atoms with Crippen molar-refractivity contribution in [1.29, 1.82) is 0 Å². The van der Waals surface area contributed by atoms with E-state index in [1.54, 1.807) is 24.3 Å². The van der Waals surface area contributed by atoms with Crippen LogP contribution in [0.25, 0.3) is 0 Å². The second kappa shape index (κ2) is 5.71. The Morgan fingerprint density at radius 1 is 1.35 bits per heavy atom. The highest BCUT2D eigenvalue weighted by Crippen LogP contribution is 2.33. The van der Waals surface area contributed by atoms with E-state index in [4.69, 9.17) is 0 Å². The summed E-state index contributed by atoms with van der Waals surface area (Å²) < 4.78 is 13.7. The van der Waals surface area contributed by atoms with E-state index < -0.39 is 6.04 Å². The van der Waals surface area contributed by atoms with Crippen LogP contribution < -0.4 is 5.32 Å². The van der Waals surface area contributed by atoms with E-state index in [0.717, 1.165) is 25.9 Å². The summed E-state index contributed by atoms with van der Waals surface area (Å²) in [6.07, 6.45) is 3.39. The molecule has 1 atom stereocenters. The van der Waals surface area contributed by atoms with Gasteiger partial charge in [0.2, 0.25) is 6.08 Å². The van der Waals surface area contributed by atoms with Crippen LogP contribution in [-0.2, 0) is 4.79 Å². The van der Waals surface area contributed by atoms with Crippen molar-refractivity contribution in [3.8, 4) is 0 Å². The fourth-order valence-corrected chi connectivity index (χ4v) is 2.36. The van der Waals surface area contributed by atoms with E-state index in [1.807, 2.05) is 0 Å². The number of rotatable bonds is 3. The van der Waals surface area contributed by atoms with Crippen LogP contribution in [0.1, 0.15) is 24.4 Å². The molecule has 3 nitrogen and oxygen atoms in total. The molecule has 1 aliphatic rings. The third kappa shape index (κ3) is 2.78. The van der Waals surface area contributed by atoms with Crippen LogP contribution in [0, 0.1) is 11.7 Å². The Balaban J connectivity index is 2.28. The Labute approximate surface area is 99.8 Å². The van der Waals surface area contributed by atoms with Crippen molar-refractivity contribution in [2.75, 3.05) is 13.1 Å². The lowest BCUT2D eigenvalue weighted by atomic mass is 9.86. The predicted molar refractivity (Wildman–Crippen MR) is 62.9 cm³/mol. The quantitative estimate of drug-likeness (QED) is 0.643. The lowest BCUT2D eigenvalue weighted by Crippen LogP contribution is -2.30. The zero-order chi connectivity index (χ0) is 12.1. The van der Waals surface area contributed by atoms with Crippen LogP contribution in [0.2, 0.25) is 0 Å². The molecule has 1 N–H and O–H groups in total. The Kier molecular flexibility index (Phi) is 4.02. The molecule has 1 aromatic rings. The Bertz CT molecular complexity index is 423.